The lowest BCUT2D eigenvalue weighted by atomic mass is 9.95. The molecule has 4 rings (SSSR count). The normalized spacial score (nSPS) is 16.6. The topological polar surface area (TPSA) is 63.4 Å². The summed E-state index contributed by atoms with van der Waals surface area (Å²) in [7, 11) is 1.64. The highest BCUT2D eigenvalue weighted by Gasteiger charge is 2.34. The lowest BCUT2D eigenvalue weighted by molar-refractivity contribution is 0.183. The molecule has 2 aromatic carbocycles. The molecule has 0 saturated carbocycles. The maximum Gasteiger partial charge on any atom is 0.258 e. The fraction of sp³-hybridized carbons (Fsp3) is 0.227. The molecule has 0 bridgehead atoms. The van der Waals surface area contributed by atoms with Crippen LogP contribution in [0.4, 0.5) is 4.39 Å². The van der Waals surface area contributed by atoms with Crippen molar-refractivity contribution in [3.05, 3.63) is 76.5 Å². The monoisotopic (exact) mass is 458 g/mol. The third-order valence-corrected chi connectivity index (χ3v) is 5.63. The van der Waals surface area contributed by atoms with Gasteiger partial charge < -0.3 is 19.5 Å². The van der Waals surface area contributed by atoms with Crippen LogP contribution in [0.2, 0.25) is 5.02 Å². The lowest BCUT2D eigenvalue weighted by Gasteiger charge is -2.37. The van der Waals surface area contributed by atoms with Gasteiger partial charge in [-0.2, -0.15) is 4.98 Å². The number of hydrogen-bond acceptors (Lipinski definition) is 5. The highest BCUT2D eigenvalue weighted by Crippen LogP contribution is 2.37. The Morgan fingerprint density at radius 1 is 1.26 bits per heavy atom. The van der Waals surface area contributed by atoms with Crippen molar-refractivity contribution in [2.24, 2.45) is 0 Å². The summed E-state index contributed by atoms with van der Waals surface area (Å²) in [5.41, 5.74) is 3.19. The average molecular weight is 459 g/mol. The van der Waals surface area contributed by atoms with E-state index >= 15 is 0 Å². The lowest BCUT2D eigenvalue weighted by Crippen LogP contribution is -2.47. The summed E-state index contributed by atoms with van der Waals surface area (Å²) >= 11 is 11.7. The third kappa shape index (κ3) is 4.46. The number of aromatic nitrogens is 2. The molecular formula is C22H20ClFN4O2S. The van der Waals surface area contributed by atoms with Gasteiger partial charge in [-0.15, -0.1) is 0 Å². The average Bonchev–Trinajstić information content (AvgIpc) is 3.23. The van der Waals surface area contributed by atoms with Crippen molar-refractivity contribution < 1.29 is 13.7 Å². The Kier molecular flexibility index (Phi) is 6.31. The van der Waals surface area contributed by atoms with Gasteiger partial charge in [0.25, 0.3) is 5.89 Å². The molecule has 3 aromatic rings. The molecule has 1 N–H and O–H groups in total. The first kappa shape index (κ1) is 21.4. The van der Waals surface area contributed by atoms with Crippen molar-refractivity contribution >= 4 is 34.5 Å². The number of thiocarbonyl (C=S) groups is 1. The molecule has 0 amide bonds. The van der Waals surface area contributed by atoms with Gasteiger partial charge in [0, 0.05) is 29.9 Å². The van der Waals surface area contributed by atoms with E-state index in [4.69, 9.17) is 33.1 Å². The molecule has 31 heavy (non-hydrogen) atoms. The molecule has 0 saturated heterocycles. The number of nitrogens with zero attached hydrogens (tertiary/aromatic N) is 3. The van der Waals surface area contributed by atoms with Crippen LogP contribution in [0.1, 0.15) is 24.4 Å². The van der Waals surface area contributed by atoms with E-state index in [2.05, 4.69) is 15.5 Å². The number of hydrogen-bond donors (Lipinski definition) is 1. The smallest absolute Gasteiger partial charge is 0.258 e. The van der Waals surface area contributed by atoms with Crippen LogP contribution in [0, 0.1) is 5.82 Å². The molecule has 1 atom stereocenters. The van der Waals surface area contributed by atoms with Gasteiger partial charge in [-0.3, -0.25) is 0 Å². The molecule has 0 aliphatic carbocycles. The maximum absolute atomic E-state index is 13.5. The standard InChI is InChI=1S/C22H20ClFN4O2S/c1-13-18(21-26-20(27-30-21)15-4-3-5-16(23)12-15)19(14-6-8-17(24)9-7-14)25-22(31)28(13)10-11-29-2/h3-9,12,19H,10-11H2,1-2H3,(H,25,31). The second-order valence-corrected chi connectivity index (χ2v) is 7.83. The van der Waals surface area contributed by atoms with Crippen molar-refractivity contribution in [3.8, 4) is 11.4 Å². The predicted octanol–water partition coefficient (Wildman–Crippen LogP) is 4.84. The first-order valence-corrected chi connectivity index (χ1v) is 10.4. The van der Waals surface area contributed by atoms with Crippen LogP contribution < -0.4 is 5.32 Å². The minimum absolute atomic E-state index is 0.313. The Morgan fingerprint density at radius 2 is 2.03 bits per heavy atom. The largest absolute Gasteiger partial charge is 0.383 e. The first-order valence-electron chi connectivity index (χ1n) is 9.61. The summed E-state index contributed by atoms with van der Waals surface area (Å²) in [5.74, 6) is 0.457. The van der Waals surface area contributed by atoms with Gasteiger partial charge >= 0.3 is 0 Å². The second kappa shape index (κ2) is 9.13. The van der Waals surface area contributed by atoms with Crippen molar-refractivity contribution in [1.29, 1.82) is 0 Å². The van der Waals surface area contributed by atoms with Crippen LogP contribution in [-0.2, 0) is 4.74 Å². The number of halogens is 2. The summed E-state index contributed by atoms with van der Waals surface area (Å²) < 4.78 is 24.4. The van der Waals surface area contributed by atoms with Crippen LogP contribution in [0.3, 0.4) is 0 Å². The maximum atomic E-state index is 13.5. The van der Waals surface area contributed by atoms with Gasteiger partial charge in [0.15, 0.2) is 5.11 Å². The zero-order chi connectivity index (χ0) is 22.0. The molecule has 0 fully saturated rings. The molecule has 1 aliphatic rings. The van der Waals surface area contributed by atoms with Gasteiger partial charge in [-0.05, 0) is 49.0 Å². The Balaban J connectivity index is 1.80. The van der Waals surface area contributed by atoms with Gasteiger partial charge in [-0.25, -0.2) is 4.39 Å². The van der Waals surface area contributed by atoms with Gasteiger partial charge in [0.05, 0.1) is 18.2 Å². The van der Waals surface area contributed by atoms with E-state index in [1.807, 2.05) is 24.0 Å². The fourth-order valence-corrected chi connectivity index (χ4v) is 4.03. The van der Waals surface area contributed by atoms with Crippen molar-refractivity contribution in [2.75, 3.05) is 20.3 Å². The van der Waals surface area contributed by atoms with E-state index in [1.54, 1.807) is 31.4 Å². The number of nitrogens with one attached hydrogen (secondary N) is 1. The minimum atomic E-state index is -0.375. The summed E-state index contributed by atoms with van der Waals surface area (Å²) in [6, 6.07) is 13.1. The molecular weight excluding hydrogens is 439 g/mol. The van der Waals surface area contributed by atoms with E-state index in [0.717, 1.165) is 22.4 Å². The third-order valence-electron chi connectivity index (χ3n) is 5.06. The van der Waals surface area contributed by atoms with Gasteiger partial charge in [0.2, 0.25) is 5.82 Å². The zero-order valence-corrected chi connectivity index (χ0v) is 18.5. The SMILES string of the molecule is COCCN1C(=S)NC(c2ccc(F)cc2)C(c2nc(-c3cccc(Cl)c3)no2)=C1C. The van der Waals surface area contributed by atoms with Crippen molar-refractivity contribution in [3.63, 3.8) is 0 Å². The molecule has 9 heteroatoms. The van der Waals surface area contributed by atoms with Crippen LogP contribution in [-0.4, -0.2) is 40.4 Å². The second-order valence-electron chi connectivity index (χ2n) is 7.01. The number of rotatable bonds is 6. The predicted molar refractivity (Wildman–Crippen MR) is 121 cm³/mol. The van der Waals surface area contributed by atoms with Crippen LogP contribution in [0.25, 0.3) is 17.0 Å². The fourth-order valence-electron chi connectivity index (χ4n) is 3.49. The molecule has 1 aromatic heterocycles. The number of ether oxygens (including phenoxy) is 1. The Morgan fingerprint density at radius 3 is 2.74 bits per heavy atom. The number of methoxy groups -OCH3 is 1. The molecule has 1 unspecified atom stereocenters. The minimum Gasteiger partial charge on any atom is -0.383 e. The van der Waals surface area contributed by atoms with E-state index in [1.165, 1.54) is 12.1 Å². The molecule has 6 nitrogen and oxygen atoms in total. The number of benzene rings is 2. The highest BCUT2D eigenvalue weighted by molar-refractivity contribution is 7.80. The quantitative estimate of drug-likeness (QED) is 0.530. The summed E-state index contributed by atoms with van der Waals surface area (Å²) in [6.45, 7) is 2.99. The Hall–Kier alpha value is -2.81. The van der Waals surface area contributed by atoms with E-state index in [0.29, 0.717) is 35.0 Å². The summed E-state index contributed by atoms with van der Waals surface area (Å²) in [4.78, 5) is 6.55. The summed E-state index contributed by atoms with van der Waals surface area (Å²) in [5, 5.41) is 8.59. The summed E-state index contributed by atoms with van der Waals surface area (Å²) in [6.07, 6.45) is 0. The van der Waals surface area contributed by atoms with E-state index < -0.39 is 0 Å². The van der Waals surface area contributed by atoms with Crippen molar-refractivity contribution in [2.45, 2.75) is 13.0 Å². The van der Waals surface area contributed by atoms with Crippen LogP contribution >= 0.6 is 23.8 Å². The number of allylic oxidation sites excluding steroid dienone is 1. The Bertz CT molecular complexity index is 1130. The van der Waals surface area contributed by atoms with E-state index in [-0.39, 0.29) is 11.9 Å². The van der Waals surface area contributed by atoms with Gasteiger partial charge in [-0.1, -0.05) is 41.0 Å². The molecule has 2 heterocycles. The molecule has 0 radical (unpaired) electrons. The van der Waals surface area contributed by atoms with Crippen LogP contribution in [0.5, 0.6) is 0 Å². The first-order chi connectivity index (χ1) is 15.0. The van der Waals surface area contributed by atoms with Gasteiger partial charge in [0.1, 0.15) is 5.82 Å². The van der Waals surface area contributed by atoms with Crippen LogP contribution in [0.15, 0.2) is 58.8 Å². The molecule has 160 valence electrons. The van der Waals surface area contributed by atoms with Crippen molar-refractivity contribution in [1.82, 2.24) is 20.4 Å². The van der Waals surface area contributed by atoms with E-state index in [9.17, 15) is 4.39 Å². The molecule has 1 aliphatic heterocycles. The molecule has 0 spiro atoms. The Labute approximate surface area is 189 Å². The highest BCUT2D eigenvalue weighted by atomic mass is 35.5. The zero-order valence-electron chi connectivity index (χ0n) is 16.9.